The molecule has 4 nitrogen and oxygen atoms in total. The second-order valence-corrected chi connectivity index (χ2v) is 20.1. The second-order valence-electron chi connectivity index (χ2n) is 20.1. The number of fused-ring (bicyclic) bond motifs is 12. The standard InChI is InChI=1S/C72H45N3O/c1-3-17-46(18-4-1)50-37-51(47-19-5-2-6-20-47)40-55(39-50)75-68-29-15-10-24-60(68)64-44-49(32-36-70(64)75)53-38-52(41-56(42-53)74-65-26-12-7-21-57(65)58-22-8-13-27-66(58)74)48-31-35-69-63(43-48)59-23-9-14-28-67(59)73(69)54-33-34-62-61-25-11-16-30-71(61)76-72(62)45-54/h1-45H. The van der Waals surface area contributed by atoms with Gasteiger partial charge in [-0.25, -0.2) is 0 Å². The first-order valence-electron chi connectivity index (χ1n) is 26.1. The molecule has 16 aromatic rings. The first-order valence-corrected chi connectivity index (χ1v) is 26.1. The summed E-state index contributed by atoms with van der Waals surface area (Å²) >= 11 is 0. The van der Waals surface area contributed by atoms with Gasteiger partial charge in [-0.3, -0.25) is 0 Å². The summed E-state index contributed by atoms with van der Waals surface area (Å²) in [6.45, 7) is 0. The van der Waals surface area contributed by atoms with Crippen molar-refractivity contribution in [2.45, 2.75) is 0 Å². The highest BCUT2D eigenvalue weighted by Gasteiger charge is 2.20. The Balaban J connectivity index is 0.902. The molecule has 0 bridgehead atoms. The van der Waals surface area contributed by atoms with E-state index in [4.69, 9.17) is 4.42 Å². The molecule has 0 saturated heterocycles. The fourth-order valence-corrected chi connectivity index (χ4v) is 12.3. The average Bonchev–Trinajstić information content (AvgIpc) is 4.32. The number of furan rings is 1. The number of hydrogen-bond acceptors (Lipinski definition) is 1. The number of aromatic nitrogens is 3. The predicted octanol–water partition coefficient (Wildman–Crippen LogP) is 19.5. The van der Waals surface area contributed by atoms with Gasteiger partial charge in [-0.1, -0.05) is 164 Å². The van der Waals surface area contributed by atoms with Crippen LogP contribution in [0.2, 0.25) is 0 Å². The van der Waals surface area contributed by atoms with Crippen molar-refractivity contribution in [3.63, 3.8) is 0 Å². The molecule has 4 heterocycles. The highest BCUT2D eigenvalue weighted by molar-refractivity contribution is 6.14. The maximum Gasteiger partial charge on any atom is 0.137 e. The quantitative estimate of drug-likeness (QED) is 0.156. The van der Waals surface area contributed by atoms with Crippen LogP contribution in [0.3, 0.4) is 0 Å². The van der Waals surface area contributed by atoms with Crippen molar-refractivity contribution in [2.75, 3.05) is 0 Å². The number of rotatable bonds is 7. The van der Waals surface area contributed by atoms with Crippen LogP contribution in [0.5, 0.6) is 0 Å². The molecule has 0 aliphatic rings. The molecule has 0 spiro atoms. The Labute approximate surface area is 437 Å². The lowest BCUT2D eigenvalue weighted by atomic mass is 9.96. The minimum absolute atomic E-state index is 0.882. The van der Waals surface area contributed by atoms with Gasteiger partial charge in [0.2, 0.25) is 0 Å². The van der Waals surface area contributed by atoms with Gasteiger partial charge in [-0.05, 0) is 148 Å². The van der Waals surface area contributed by atoms with Crippen molar-refractivity contribution in [2.24, 2.45) is 0 Å². The fourth-order valence-electron chi connectivity index (χ4n) is 12.3. The Morgan fingerprint density at radius 1 is 0.184 bits per heavy atom. The van der Waals surface area contributed by atoms with Gasteiger partial charge in [-0.15, -0.1) is 0 Å². The molecule has 16 rings (SSSR count). The lowest BCUT2D eigenvalue weighted by Crippen LogP contribution is -1.97. The lowest BCUT2D eigenvalue weighted by molar-refractivity contribution is 0.668. The third-order valence-electron chi connectivity index (χ3n) is 15.8. The Morgan fingerprint density at radius 3 is 1.01 bits per heavy atom. The zero-order valence-corrected chi connectivity index (χ0v) is 41.2. The molecule has 0 aliphatic carbocycles. The summed E-state index contributed by atoms with van der Waals surface area (Å²) in [4.78, 5) is 0. The first kappa shape index (κ1) is 42.4. The minimum atomic E-state index is 0.882. The molecule has 12 aromatic carbocycles. The summed E-state index contributed by atoms with van der Waals surface area (Å²) in [6.07, 6.45) is 0. The van der Waals surface area contributed by atoms with Gasteiger partial charge >= 0.3 is 0 Å². The Morgan fingerprint density at radius 2 is 0.539 bits per heavy atom. The Kier molecular flexibility index (Phi) is 9.30. The van der Waals surface area contributed by atoms with Crippen molar-refractivity contribution < 1.29 is 4.42 Å². The lowest BCUT2D eigenvalue weighted by Gasteiger charge is -2.15. The zero-order valence-electron chi connectivity index (χ0n) is 41.2. The fraction of sp³-hybridized carbons (Fsp3) is 0. The summed E-state index contributed by atoms with van der Waals surface area (Å²) in [5.74, 6) is 0. The van der Waals surface area contributed by atoms with E-state index in [-0.39, 0.29) is 0 Å². The van der Waals surface area contributed by atoms with E-state index < -0.39 is 0 Å². The van der Waals surface area contributed by atoms with E-state index in [1.54, 1.807) is 0 Å². The third-order valence-corrected chi connectivity index (χ3v) is 15.8. The molecule has 0 unspecified atom stereocenters. The van der Waals surface area contributed by atoms with Gasteiger partial charge in [0, 0.05) is 66.2 Å². The van der Waals surface area contributed by atoms with Crippen LogP contribution >= 0.6 is 0 Å². The van der Waals surface area contributed by atoms with E-state index >= 15 is 0 Å². The van der Waals surface area contributed by atoms with Gasteiger partial charge in [0.15, 0.2) is 0 Å². The van der Waals surface area contributed by atoms with E-state index in [0.717, 1.165) is 77.8 Å². The molecule has 0 atom stereocenters. The number of benzene rings is 12. The van der Waals surface area contributed by atoms with Gasteiger partial charge in [0.1, 0.15) is 11.2 Å². The normalized spacial score (nSPS) is 11.9. The van der Waals surface area contributed by atoms with Gasteiger partial charge in [0.05, 0.1) is 33.1 Å². The maximum absolute atomic E-state index is 6.42. The summed E-state index contributed by atoms with van der Waals surface area (Å²) in [7, 11) is 0. The molecule has 4 aromatic heterocycles. The molecule has 0 aliphatic heterocycles. The monoisotopic (exact) mass is 967 g/mol. The van der Waals surface area contributed by atoms with E-state index in [1.165, 1.54) is 71.1 Å². The molecule has 4 heteroatoms. The van der Waals surface area contributed by atoms with Crippen molar-refractivity contribution in [1.29, 1.82) is 0 Å². The first-order chi connectivity index (χ1) is 37.7. The molecule has 0 radical (unpaired) electrons. The highest BCUT2D eigenvalue weighted by atomic mass is 16.3. The molecule has 354 valence electrons. The van der Waals surface area contributed by atoms with Crippen LogP contribution in [-0.4, -0.2) is 13.7 Å². The van der Waals surface area contributed by atoms with Crippen molar-refractivity contribution >= 4 is 87.4 Å². The van der Waals surface area contributed by atoms with Crippen LogP contribution in [0, 0.1) is 0 Å². The van der Waals surface area contributed by atoms with Crippen LogP contribution in [0.1, 0.15) is 0 Å². The van der Waals surface area contributed by atoms with Crippen LogP contribution in [0.25, 0.3) is 149 Å². The molecule has 76 heavy (non-hydrogen) atoms. The smallest absolute Gasteiger partial charge is 0.137 e. The predicted molar refractivity (Wildman–Crippen MR) is 318 cm³/mol. The van der Waals surface area contributed by atoms with Gasteiger partial charge in [-0.2, -0.15) is 0 Å². The van der Waals surface area contributed by atoms with E-state index in [0.29, 0.717) is 0 Å². The number of para-hydroxylation sites is 5. The van der Waals surface area contributed by atoms with Crippen LogP contribution in [0.15, 0.2) is 277 Å². The van der Waals surface area contributed by atoms with E-state index in [1.807, 2.05) is 12.1 Å². The van der Waals surface area contributed by atoms with Gasteiger partial charge < -0.3 is 18.1 Å². The topological polar surface area (TPSA) is 27.9 Å². The zero-order chi connectivity index (χ0) is 49.8. The molecule has 0 saturated carbocycles. The molecule has 0 amide bonds. The SMILES string of the molecule is c1ccc(-c2cc(-c3ccccc3)cc(-n3c4ccccc4c4cc(-c5cc(-c6ccc7c(c6)c6ccccc6n7-c6ccc7c(c6)oc6ccccc67)cc(-n6c7ccccc7c7ccccc76)c5)ccc43)c2)cc1. The molecule has 0 fully saturated rings. The number of nitrogens with zero attached hydrogens (tertiary/aromatic N) is 3. The molecular weight excluding hydrogens is 923 g/mol. The maximum atomic E-state index is 6.42. The molecule has 0 N–H and O–H groups in total. The largest absolute Gasteiger partial charge is 0.456 e. The summed E-state index contributed by atoms with van der Waals surface area (Å²) < 4.78 is 13.7. The van der Waals surface area contributed by atoms with E-state index in [9.17, 15) is 0 Å². The Bertz CT molecular complexity index is 4880. The third kappa shape index (κ3) is 6.57. The van der Waals surface area contributed by atoms with Crippen molar-refractivity contribution in [3.8, 4) is 61.6 Å². The minimum Gasteiger partial charge on any atom is -0.456 e. The summed E-state index contributed by atoms with van der Waals surface area (Å²) in [5, 5.41) is 9.55. The second kappa shape index (κ2) is 16.7. The van der Waals surface area contributed by atoms with Crippen LogP contribution in [-0.2, 0) is 0 Å². The van der Waals surface area contributed by atoms with Crippen molar-refractivity contribution in [1.82, 2.24) is 13.7 Å². The van der Waals surface area contributed by atoms with Gasteiger partial charge in [0.25, 0.3) is 0 Å². The van der Waals surface area contributed by atoms with Crippen molar-refractivity contribution in [3.05, 3.63) is 273 Å². The summed E-state index contributed by atoms with van der Waals surface area (Å²) in [6, 6.07) is 99.8. The van der Waals surface area contributed by atoms with Crippen LogP contribution < -0.4 is 0 Å². The Hall–Kier alpha value is -10.2. The molecular formula is C72H45N3O. The van der Waals surface area contributed by atoms with E-state index in [2.05, 4.69) is 275 Å². The van der Waals surface area contributed by atoms with Crippen LogP contribution in [0.4, 0.5) is 0 Å². The number of hydrogen-bond donors (Lipinski definition) is 0. The average molecular weight is 968 g/mol. The summed E-state index contributed by atoms with van der Waals surface area (Å²) in [5.41, 5.74) is 21.4. The highest BCUT2D eigenvalue weighted by Crippen LogP contribution is 2.43.